The summed E-state index contributed by atoms with van der Waals surface area (Å²) in [7, 11) is 0. The number of hydrogen-bond acceptors (Lipinski definition) is 5. The zero-order valence-corrected chi connectivity index (χ0v) is 15.3. The molecule has 1 aliphatic rings. The highest BCUT2D eigenvalue weighted by Crippen LogP contribution is 2.40. The van der Waals surface area contributed by atoms with Crippen molar-refractivity contribution in [3.05, 3.63) is 32.6 Å². The second-order valence-electron chi connectivity index (χ2n) is 7.06. The number of rotatable bonds is 6. The highest BCUT2D eigenvalue weighted by molar-refractivity contribution is 7.72. The van der Waals surface area contributed by atoms with Gasteiger partial charge in [0.15, 0.2) is 0 Å². The smallest absolute Gasteiger partial charge is 0.328 e. The Labute approximate surface area is 141 Å². The molecule has 2 unspecified atom stereocenters. The SMILES string of the molecule is C=P(C)(C)CCC1OC(c2cn(CCC)c(=O)[nH]c2=O)[C@H](O)[C@@H]1O. The molecule has 1 fully saturated rings. The molecule has 0 saturated carbocycles. The van der Waals surface area contributed by atoms with E-state index < -0.39 is 42.6 Å². The predicted molar refractivity (Wildman–Crippen MR) is 96.6 cm³/mol. The maximum absolute atomic E-state index is 12.1. The number of aliphatic hydroxyl groups excluding tert-OH is 2. The number of nitrogens with one attached hydrogen (secondary N) is 1. The zero-order valence-electron chi connectivity index (χ0n) is 14.4. The second-order valence-corrected chi connectivity index (χ2v) is 11.4. The first-order valence-electron chi connectivity index (χ1n) is 8.16. The van der Waals surface area contributed by atoms with Crippen molar-refractivity contribution in [3.8, 4) is 0 Å². The van der Waals surface area contributed by atoms with Crippen LogP contribution in [0.15, 0.2) is 15.8 Å². The topological polar surface area (TPSA) is 105 Å². The Balaban J connectivity index is 2.26. The molecular weight excluding hydrogens is 331 g/mol. The average Bonchev–Trinajstić information content (AvgIpc) is 2.75. The van der Waals surface area contributed by atoms with Crippen LogP contribution in [0.5, 0.6) is 0 Å². The molecule has 0 spiro atoms. The molecule has 0 aromatic carbocycles. The number of H-pyrrole nitrogens is 1. The van der Waals surface area contributed by atoms with E-state index >= 15 is 0 Å². The van der Waals surface area contributed by atoms with Crippen molar-refractivity contribution in [3.63, 3.8) is 0 Å². The van der Waals surface area contributed by atoms with Gasteiger partial charge >= 0.3 is 5.69 Å². The minimum Gasteiger partial charge on any atom is -0.388 e. The number of aromatic amines is 1. The van der Waals surface area contributed by atoms with Gasteiger partial charge in [0.25, 0.3) is 5.56 Å². The number of aryl methyl sites for hydroxylation is 1. The lowest BCUT2D eigenvalue weighted by Crippen LogP contribution is -2.35. The molecule has 4 atom stereocenters. The molecule has 136 valence electrons. The van der Waals surface area contributed by atoms with Crippen LogP contribution in [0.3, 0.4) is 0 Å². The fourth-order valence-electron chi connectivity index (χ4n) is 2.86. The largest absolute Gasteiger partial charge is 0.388 e. The molecule has 0 amide bonds. The van der Waals surface area contributed by atoms with E-state index in [9.17, 15) is 19.8 Å². The molecule has 2 heterocycles. The first-order valence-corrected chi connectivity index (χ1v) is 11.2. The van der Waals surface area contributed by atoms with Gasteiger partial charge in [0.1, 0.15) is 18.3 Å². The van der Waals surface area contributed by atoms with Crippen LogP contribution in [0.4, 0.5) is 0 Å². The van der Waals surface area contributed by atoms with Crippen molar-refractivity contribution in [1.82, 2.24) is 9.55 Å². The fourth-order valence-corrected chi connectivity index (χ4v) is 3.81. The van der Waals surface area contributed by atoms with E-state index in [4.69, 9.17) is 4.74 Å². The molecular formula is C16H27N2O5P. The van der Waals surface area contributed by atoms with E-state index in [-0.39, 0.29) is 5.56 Å². The summed E-state index contributed by atoms with van der Waals surface area (Å²) in [5.41, 5.74) is -0.909. The summed E-state index contributed by atoms with van der Waals surface area (Å²) in [5, 5.41) is 20.5. The van der Waals surface area contributed by atoms with Gasteiger partial charge in [-0.3, -0.25) is 9.78 Å². The summed E-state index contributed by atoms with van der Waals surface area (Å²) < 4.78 is 7.16. The lowest BCUT2D eigenvalue weighted by atomic mass is 10.0. The van der Waals surface area contributed by atoms with Crippen molar-refractivity contribution in [2.45, 2.75) is 50.7 Å². The van der Waals surface area contributed by atoms with Crippen molar-refractivity contribution in [1.29, 1.82) is 0 Å². The van der Waals surface area contributed by atoms with Crippen molar-refractivity contribution < 1.29 is 14.9 Å². The standard InChI is InChI=1S/C16H27N2O5P/c1-5-7-18-9-10(15(21)17-16(18)22)14-13(20)12(19)11(23-14)6-8-24(2,3)4/h9,11-14,19-20H,2,5-8H2,1,3-4H3,(H,17,21,22)/t11?,12-,13-,14?/m1/s1. The van der Waals surface area contributed by atoms with Crippen LogP contribution in [0, 0.1) is 0 Å². The number of ether oxygens (including phenoxy) is 1. The van der Waals surface area contributed by atoms with Crippen LogP contribution in [0.2, 0.25) is 0 Å². The highest BCUT2D eigenvalue weighted by atomic mass is 31.2. The van der Waals surface area contributed by atoms with E-state index in [1.807, 2.05) is 6.92 Å². The van der Waals surface area contributed by atoms with Crippen molar-refractivity contribution in [2.75, 3.05) is 19.5 Å². The zero-order chi connectivity index (χ0) is 18.1. The van der Waals surface area contributed by atoms with E-state index in [2.05, 4.69) is 24.6 Å². The average molecular weight is 358 g/mol. The minimum atomic E-state index is -1.28. The monoisotopic (exact) mass is 358 g/mol. The maximum atomic E-state index is 12.1. The van der Waals surface area contributed by atoms with Gasteiger partial charge in [-0.1, -0.05) is 6.92 Å². The molecule has 1 saturated heterocycles. The highest BCUT2D eigenvalue weighted by Gasteiger charge is 2.44. The summed E-state index contributed by atoms with van der Waals surface area (Å²) in [5.74, 6) is 0. The van der Waals surface area contributed by atoms with Crippen LogP contribution in [0.1, 0.15) is 31.4 Å². The molecule has 0 aliphatic carbocycles. The number of nitrogens with zero attached hydrogens (tertiary/aromatic N) is 1. The molecule has 24 heavy (non-hydrogen) atoms. The quantitative estimate of drug-likeness (QED) is 0.631. The van der Waals surface area contributed by atoms with E-state index in [0.717, 1.165) is 12.6 Å². The van der Waals surface area contributed by atoms with Gasteiger partial charge in [-0.25, -0.2) is 4.79 Å². The first-order chi connectivity index (χ1) is 11.1. The van der Waals surface area contributed by atoms with Gasteiger partial charge in [-0.15, -0.1) is 13.2 Å². The summed E-state index contributed by atoms with van der Waals surface area (Å²) in [6.07, 6.45) is 3.93. The van der Waals surface area contributed by atoms with Gasteiger partial charge in [0, 0.05) is 12.7 Å². The van der Waals surface area contributed by atoms with E-state index in [1.165, 1.54) is 10.8 Å². The van der Waals surface area contributed by atoms with Crippen molar-refractivity contribution in [2.24, 2.45) is 0 Å². The molecule has 1 aromatic heterocycles. The Morgan fingerprint density at radius 3 is 2.58 bits per heavy atom. The Morgan fingerprint density at radius 1 is 1.33 bits per heavy atom. The predicted octanol–water partition coefficient (Wildman–Crippen LogP) is 0.208. The lowest BCUT2D eigenvalue weighted by molar-refractivity contribution is 0.00493. The minimum absolute atomic E-state index is 0.167. The lowest BCUT2D eigenvalue weighted by Gasteiger charge is -2.18. The number of hydrogen-bond donors (Lipinski definition) is 3. The molecule has 0 bridgehead atoms. The number of aliphatic hydroxyl groups is 2. The number of aromatic nitrogens is 2. The van der Waals surface area contributed by atoms with Crippen LogP contribution in [-0.4, -0.2) is 63.9 Å². The Hall–Kier alpha value is -1.14. The summed E-state index contributed by atoms with van der Waals surface area (Å²) in [4.78, 5) is 26.1. The Morgan fingerprint density at radius 2 is 2.00 bits per heavy atom. The summed E-state index contributed by atoms with van der Waals surface area (Å²) >= 11 is 0. The maximum Gasteiger partial charge on any atom is 0.328 e. The third-order valence-corrected chi connectivity index (χ3v) is 5.66. The molecule has 3 N–H and O–H groups in total. The van der Waals surface area contributed by atoms with Gasteiger partial charge in [0.2, 0.25) is 0 Å². The first kappa shape index (κ1) is 19.2. The molecule has 1 aromatic rings. The van der Waals surface area contributed by atoms with Crippen LogP contribution in [0.25, 0.3) is 0 Å². The van der Waals surface area contributed by atoms with Crippen LogP contribution >= 0.6 is 6.89 Å². The van der Waals surface area contributed by atoms with Gasteiger partial charge < -0.3 is 19.5 Å². The molecule has 8 heteroatoms. The van der Waals surface area contributed by atoms with Crippen LogP contribution in [-0.2, 0) is 11.3 Å². The summed E-state index contributed by atoms with van der Waals surface area (Å²) in [6, 6.07) is 0. The Kier molecular flexibility index (Phi) is 5.91. The van der Waals surface area contributed by atoms with Gasteiger partial charge in [-0.2, -0.15) is 0 Å². The van der Waals surface area contributed by atoms with E-state index in [0.29, 0.717) is 13.0 Å². The molecule has 2 rings (SSSR count). The summed E-state index contributed by atoms with van der Waals surface area (Å²) in [6.45, 7) is 5.28. The normalized spacial score (nSPS) is 27.5. The third-order valence-electron chi connectivity index (χ3n) is 4.19. The Bertz CT molecular complexity index is 735. The van der Waals surface area contributed by atoms with Gasteiger partial charge in [0.05, 0.1) is 11.7 Å². The van der Waals surface area contributed by atoms with Crippen molar-refractivity contribution >= 4 is 13.2 Å². The van der Waals surface area contributed by atoms with E-state index in [1.54, 1.807) is 0 Å². The molecule has 1 aliphatic heterocycles. The molecule has 0 radical (unpaired) electrons. The fraction of sp³-hybridized carbons (Fsp3) is 0.688. The molecule has 7 nitrogen and oxygen atoms in total. The second kappa shape index (κ2) is 7.40. The van der Waals surface area contributed by atoms with Crippen LogP contribution < -0.4 is 11.2 Å². The van der Waals surface area contributed by atoms with Gasteiger partial charge in [-0.05, 0) is 32.3 Å². The third kappa shape index (κ3) is 4.28.